The Kier molecular flexibility index (Phi) is 5.93. The predicted octanol–water partition coefficient (Wildman–Crippen LogP) is 1.68. The van der Waals surface area contributed by atoms with Gasteiger partial charge in [-0.15, -0.1) is 0 Å². The lowest BCUT2D eigenvalue weighted by Gasteiger charge is -2.13. The van der Waals surface area contributed by atoms with Crippen LogP contribution in [0.2, 0.25) is 0 Å². The SMILES string of the molecule is C/C(=N\c1c(C)c(=O)n(CCCO)c(=O)n1C)Oc1cccc(C)c1. The Morgan fingerprint density at radius 2 is 2.00 bits per heavy atom. The molecule has 2 rings (SSSR count). The molecule has 7 nitrogen and oxygen atoms in total. The second-order valence-electron chi connectivity index (χ2n) is 5.87. The number of aliphatic imine (C=N–C) groups is 1. The molecule has 0 saturated carbocycles. The van der Waals surface area contributed by atoms with Crippen molar-refractivity contribution >= 4 is 11.7 Å². The van der Waals surface area contributed by atoms with Crippen LogP contribution in [0.5, 0.6) is 5.75 Å². The van der Waals surface area contributed by atoms with Crippen LogP contribution < -0.4 is 16.0 Å². The van der Waals surface area contributed by atoms with Gasteiger partial charge in [0.1, 0.15) is 11.6 Å². The number of hydrogen-bond acceptors (Lipinski definition) is 5. The summed E-state index contributed by atoms with van der Waals surface area (Å²) in [6, 6.07) is 7.52. The van der Waals surface area contributed by atoms with E-state index in [0.29, 0.717) is 23.6 Å². The first-order valence-corrected chi connectivity index (χ1v) is 8.06. The fourth-order valence-electron chi connectivity index (χ4n) is 2.51. The Hall–Kier alpha value is -2.67. The van der Waals surface area contributed by atoms with Crippen LogP contribution >= 0.6 is 0 Å². The van der Waals surface area contributed by atoms with E-state index in [1.807, 2.05) is 31.2 Å². The van der Waals surface area contributed by atoms with Gasteiger partial charge in [-0.3, -0.25) is 13.9 Å². The Morgan fingerprint density at radius 1 is 1.28 bits per heavy atom. The molecule has 0 aliphatic heterocycles. The molecule has 0 unspecified atom stereocenters. The largest absolute Gasteiger partial charge is 0.443 e. The van der Waals surface area contributed by atoms with Crippen molar-refractivity contribution in [2.75, 3.05) is 6.61 Å². The minimum atomic E-state index is -0.467. The summed E-state index contributed by atoms with van der Waals surface area (Å²) in [6.45, 7) is 5.34. The van der Waals surface area contributed by atoms with Gasteiger partial charge in [0.2, 0.25) is 0 Å². The second kappa shape index (κ2) is 7.94. The van der Waals surface area contributed by atoms with Crippen LogP contribution in [0.4, 0.5) is 5.82 Å². The minimum Gasteiger partial charge on any atom is -0.443 e. The molecular formula is C18H23N3O4. The van der Waals surface area contributed by atoms with Gasteiger partial charge in [-0.05, 0) is 38.0 Å². The number of aryl methyl sites for hydroxylation is 1. The molecule has 1 aromatic heterocycles. The van der Waals surface area contributed by atoms with E-state index >= 15 is 0 Å². The minimum absolute atomic E-state index is 0.0853. The van der Waals surface area contributed by atoms with E-state index in [1.165, 1.54) is 4.57 Å². The molecule has 0 aliphatic carbocycles. The van der Waals surface area contributed by atoms with E-state index in [1.54, 1.807) is 20.9 Å². The van der Waals surface area contributed by atoms with Crippen LogP contribution in [0.3, 0.4) is 0 Å². The van der Waals surface area contributed by atoms with Gasteiger partial charge < -0.3 is 9.84 Å². The quantitative estimate of drug-likeness (QED) is 0.660. The molecule has 0 spiro atoms. The van der Waals surface area contributed by atoms with Crippen molar-refractivity contribution in [3.8, 4) is 5.75 Å². The van der Waals surface area contributed by atoms with Crippen LogP contribution in [0.25, 0.3) is 0 Å². The number of aliphatic hydroxyl groups is 1. The Balaban J connectivity index is 2.42. The molecule has 0 amide bonds. The highest BCUT2D eigenvalue weighted by molar-refractivity contribution is 5.78. The topological polar surface area (TPSA) is 85.8 Å². The van der Waals surface area contributed by atoms with Crippen molar-refractivity contribution < 1.29 is 9.84 Å². The first-order valence-electron chi connectivity index (χ1n) is 8.06. The summed E-state index contributed by atoms with van der Waals surface area (Å²) >= 11 is 0. The lowest BCUT2D eigenvalue weighted by atomic mass is 10.2. The van der Waals surface area contributed by atoms with Crippen molar-refractivity contribution in [1.82, 2.24) is 9.13 Å². The molecule has 134 valence electrons. The molecule has 1 heterocycles. The summed E-state index contributed by atoms with van der Waals surface area (Å²) in [5.41, 5.74) is 0.539. The van der Waals surface area contributed by atoms with Gasteiger partial charge in [0, 0.05) is 27.1 Å². The summed E-state index contributed by atoms with van der Waals surface area (Å²) in [7, 11) is 1.56. The van der Waals surface area contributed by atoms with Crippen LogP contribution in [0.1, 0.15) is 24.5 Å². The summed E-state index contributed by atoms with van der Waals surface area (Å²) in [6.07, 6.45) is 0.340. The van der Waals surface area contributed by atoms with Crippen molar-refractivity contribution in [3.63, 3.8) is 0 Å². The van der Waals surface area contributed by atoms with Crippen LogP contribution in [-0.2, 0) is 13.6 Å². The van der Waals surface area contributed by atoms with Crippen molar-refractivity contribution in [2.24, 2.45) is 12.0 Å². The number of rotatable bonds is 5. The van der Waals surface area contributed by atoms with Gasteiger partial charge in [-0.1, -0.05) is 12.1 Å². The van der Waals surface area contributed by atoms with E-state index in [0.717, 1.165) is 10.1 Å². The van der Waals surface area contributed by atoms with Crippen molar-refractivity contribution in [2.45, 2.75) is 33.7 Å². The normalized spacial score (nSPS) is 11.6. The number of nitrogens with zero attached hydrogens (tertiary/aromatic N) is 3. The van der Waals surface area contributed by atoms with E-state index < -0.39 is 11.2 Å². The van der Waals surface area contributed by atoms with Gasteiger partial charge in [0.25, 0.3) is 5.56 Å². The number of hydrogen-bond donors (Lipinski definition) is 1. The number of aromatic nitrogens is 2. The summed E-state index contributed by atoms with van der Waals surface area (Å²) in [5, 5.41) is 8.92. The van der Waals surface area contributed by atoms with Crippen LogP contribution in [0, 0.1) is 13.8 Å². The molecule has 7 heteroatoms. The van der Waals surface area contributed by atoms with Gasteiger partial charge >= 0.3 is 5.69 Å². The van der Waals surface area contributed by atoms with Crippen LogP contribution in [0.15, 0.2) is 38.8 Å². The zero-order valence-corrected chi connectivity index (χ0v) is 14.9. The first-order chi connectivity index (χ1) is 11.8. The fourth-order valence-corrected chi connectivity index (χ4v) is 2.51. The van der Waals surface area contributed by atoms with E-state index in [-0.39, 0.29) is 19.0 Å². The molecule has 1 N–H and O–H groups in total. The molecule has 0 aliphatic rings. The number of ether oxygens (including phenoxy) is 1. The Morgan fingerprint density at radius 3 is 2.64 bits per heavy atom. The maximum Gasteiger partial charge on any atom is 0.332 e. The second-order valence-corrected chi connectivity index (χ2v) is 5.87. The molecule has 2 aromatic rings. The van der Waals surface area contributed by atoms with Gasteiger partial charge in [0.15, 0.2) is 5.90 Å². The molecule has 0 bridgehead atoms. The smallest absolute Gasteiger partial charge is 0.332 e. The fraction of sp³-hybridized carbons (Fsp3) is 0.389. The molecule has 25 heavy (non-hydrogen) atoms. The molecule has 0 atom stereocenters. The third-order valence-electron chi connectivity index (χ3n) is 3.80. The zero-order chi connectivity index (χ0) is 18.6. The summed E-state index contributed by atoms with van der Waals surface area (Å²) in [5.74, 6) is 1.23. The first kappa shape index (κ1) is 18.7. The lowest BCUT2D eigenvalue weighted by Crippen LogP contribution is -2.40. The van der Waals surface area contributed by atoms with Crippen molar-refractivity contribution in [1.29, 1.82) is 0 Å². The average molecular weight is 345 g/mol. The standard InChI is InChI=1S/C18H23N3O4/c1-12-7-5-8-15(11-12)25-14(3)19-16-13(2)17(23)21(9-6-10-22)18(24)20(16)4/h5,7-8,11,22H,6,9-10H2,1-4H3/b19-14+. The Labute approximate surface area is 145 Å². The predicted molar refractivity (Wildman–Crippen MR) is 97.0 cm³/mol. The highest BCUT2D eigenvalue weighted by atomic mass is 16.5. The molecular weight excluding hydrogens is 322 g/mol. The molecule has 1 aromatic carbocycles. The van der Waals surface area contributed by atoms with Gasteiger partial charge in [-0.25, -0.2) is 4.79 Å². The van der Waals surface area contributed by atoms with Gasteiger partial charge in [0.05, 0.1) is 5.56 Å². The van der Waals surface area contributed by atoms with Crippen molar-refractivity contribution in [3.05, 3.63) is 56.2 Å². The molecule has 0 radical (unpaired) electrons. The van der Waals surface area contributed by atoms with Crippen LogP contribution in [-0.4, -0.2) is 26.7 Å². The van der Waals surface area contributed by atoms with E-state index in [4.69, 9.17) is 9.84 Å². The lowest BCUT2D eigenvalue weighted by molar-refractivity contribution is 0.277. The van der Waals surface area contributed by atoms with E-state index in [2.05, 4.69) is 4.99 Å². The highest BCUT2D eigenvalue weighted by Gasteiger charge is 2.14. The van der Waals surface area contributed by atoms with E-state index in [9.17, 15) is 9.59 Å². The molecule has 0 fully saturated rings. The number of benzene rings is 1. The summed E-state index contributed by atoms with van der Waals surface area (Å²) in [4.78, 5) is 29.1. The number of aliphatic hydroxyl groups excluding tert-OH is 1. The monoisotopic (exact) mass is 345 g/mol. The maximum absolute atomic E-state index is 12.4. The Bertz CT molecular complexity index is 872. The van der Waals surface area contributed by atoms with Gasteiger partial charge in [-0.2, -0.15) is 4.99 Å². The summed E-state index contributed by atoms with van der Waals surface area (Å²) < 4.78 is 8.11. The zero-order valence-electron chi connectivity index (χ0n) is 14.9. The maximum atomic E-state index is 12.4. The third-order valence-corrected chi connectivity index (χ3v) is 3.80. The highest BCUT2D eigenvalue weighted by Crippen LogP contribution is 2.16. The average Bonchev–Trinajstić information content (AvgIpc) is 2.57. The third kappa shape index (κ3) is 4.24. The molecule has 0 saturated heterocycles.